The first kappa shape index (κ1) is 16.5. The molecule has 0 atom stereocenters. The summed E-state index contributed by atoms with van der Waals surface area (Å²) >= 11 is 0. The summed E-state index contributed by atoms with van der Waals surface area (Å²) in [6, 6.07) is 5.33. The Balaban J connectivity index is 2.44. The summed E-state index contributed by atoms with van der Waals surface area (Å²) in [5.41, 5.74) is 0.535. The Labute approximate surface area is 121 Å². The lowest BCUT2D eigenvalue weighted by Gasteiger charge is -2.18. The van der Waals surface area contributed by atoms with Crippen molar-refractivity contribution in [1.82, 2.24) is 4.90 Å². The van der Waals surface area contributed by atoms with Crippen LogP contribution in [-0.4, -0.2) is 44.5 Å². The summed E-state index contributed by atoms with van der Waals surface area (Å²) in [6.45, 7) is 8.19. The van der Waals surface area contributed by atoms with Crippen LogP contribution < -0.4 is 9.47 Å². The van der Waals surface area contributed by atoms with Crippen LogP contribution in [0.15, 0.2) is 18.2 Å². The Hall–Kier alpha value is -1.55. The highest BCUT2D eigenvalue weighted by molar-refractivity contribution is 5.81. The smallest absolute Gasteiger partial charge is 0.171 e. The summed E-state index contributed by atoms with van der Waals surface area (Å²) in [4.78, 5) is 13.4. The monoisotopic (exact) mass is 279 g/mol. The van der Waals surface area contributed by atoms with Gasteiger partial charge in [-0.05, 0) is 44.6 Å². The second-order valence-corrected chi connectivity index (χ2v) is 4.58. The van der Waals surface area contributed by atoms with Crippen molar-refractivity contribution in [3.8, 4) is 11.5 Å². The molecular formula is C16H25NO3. The van der Waals surface area contributed by atoms with Crippen molar-refractivity contribution in [2.24, 2.45) is 0 Å². The Bertz CT molecular complexity index is 403. The van der Waals surface area contributed by atoms with Gasteiger partial charge < -0.3 is 14.4 Å². The minimum Gasteiger partial charge on any atom is -0.493 e. The quantitative estimate of drug-likeness (QED) is 0.487. The van der Waals surface area contributed by atoms with E-state index >= 15 is 0 Å². The molecule has 4 nitrogen and oxygen atoms in total. The van der Waals surface area contributed by atoms with Gasteiger partial charge in [-0.25, -0.2) is 0 Å². The van der Waals surface area contributed by atoms with E-state index in [0.29, 0.717) is 23.7 Å². The van der Waals surface area contributed by atoms with Crippen molar-refractivity contribution in [3.63, 3.8) is 0 Å². The van der Waals surface area contributed by atoms with Gasteiger partial charge in [0.1, 0.15) is 0 Å². The Morgan fingerprint density at radius 3 is 2.55 bits per heavy atom. The summed E-state index contributed by atoms with van der Waals surface area (Å²) < 4.78 is 11.0. The van der Waals surface area contributed by atoms with Crippen LogP contribution in [0.5, 0.6) is 11.5 Å². The molecule has 0 heterocycles. The van der Waals surface area contributed by atoms with E-state index in [1.165, 1.54) is 0 Å². The molecule has 0 saturated carbocycles. The molecule has 0 bridgehead atoms. The molecular weight excluding hydrogens is 254 g/mol. The molecule has 0 aliphatic rings. The summed E-state index contributed by atoms with van der Waals surface area (Å²) in [5, 5.41) is 0. The number of carbonyl (C=O) groups is 1. The molecule has 0 unspecified atom stereocenters. The number of methoxy groups -OCH3 is 1. The zero-order valence-electron chi connectivity index (χ0n) is 12.7. The predicted octanol–water partition coefficient (Wildman–Crippen LogP) is 3.01. The number of carbonyl (C=O) groups excluding carboxylic acids is 1. The minimum atomic E-state index is 0.535. The van der Waals surface area contributed by atoms with Crippen molar-refractivity contribution in [3.05, 3.63) is 23.8 Å². The molecule has 1 rings (SSSR count). The van der Waals surface area contributed by atoms with Gasteiger partial charge in [0.05, 0.1) is 19.3 Å². The molecule has 0 aromatic heterocycles. The van der Waals surface area contributed by atoms with Crippen LogP contribution in [0, 0.1) is 0 Å². The molecule has 1 aromatic rings. The van der Waals surface area contributed by atoms with Crippen molar-refractivity contribution in [1.29, 1.82) is 0 Å². The van der Waals surface area contributed by atoms with Crippen LogP contribution in [-0.2, 0) is 0 Å². The van der Waals surface area contributed by atoms with E-state index in [0.717, 1.165) is 38.8 Å². The lowest BCUT2D eigenvalue weighted by molar-refractivity contribution is 0.111. The number of hydrogen-bond donors (Lipinski definition) is 0. The van der Waals surface area contributed by atoms with E-state index < -0.39 is 0 Å². The van der Waals surface area contributed by atoms with Crippen LogP contribution in [0.1, 0.15) is 37.0 Å². The van der Waals surface area contributed by atoms with Crippen LogP contribution in [0.3, 0.4) is 0 Å². The average molecular weight is 279 g/mol. The largest absolute Gasteiger partial charge is 0.493 e. The topological polar surface area (TPSA) is 38.8 Å². The standard InChI is InChI=1S/C16H25NO3/c1-4-17(5-2)11-6-7-12-20-16-14(13-18)9-8-10-15(16)19-3/h8-10,13H,4-7,11-12H2,1-3H3. The van der Waals surface area contributed by atoms with Gasteiger partial charge in [-0.1, -0.05) is 19.9 Å². The number of unbranched alkanes of at least 4 members (excludes halogenated alkanes) is 1. The molecule has 0 radical (unpaired) electrons. The Kier molecular flexibility index (Phi) is 7.73. The van der Waals surface area contributed by atoms with E-state index in [4.69, 9.17) is 9.47 Å². The van der Waals surface area contributed by atoms with Crippen molar-refractivity contribution >= 4 is 6.29 Å². The maximum Gasteiger partial charge on any atom is 0.171 e. The third kappa shape index (κ3) is 4.85. The van der Waals surface area contributed by atoms with Crippen LogP contribution in [0.2, 0.25) is 0 Å². The highest BCUT2D eigenvalue weighted by Gasteiger charge is 2.09. The van der Waals surface area contributed by atoms with Gasteiger partial charge in [-0.2, -0.15) is 0 Å². The fraction of sp³-hybridized carbons (Fsp3) is 0.562. The lowest BCUT2D eigenvalue weighted by Crippen LogP contribution is -2.24. The first-order valence-electron chi connectivity index (χ1n) is 7.24. The Morgan fingerprint density at radius 2 is 1.95 bits per heavy atom. The molecule has 0 aliphatic heterocycles. The van der Waals surface area contributed by atoms with E-state index in [2.05, 4.69) is 18.7 Å². The fourth-order valence-electron chi connectivity index (χ4n) is 2.09. The molecule has 0 N–H and O–H groups in total. The predicted molar refractivity (Wildman–Crippen MR) is 80.9 cm³/mol. The zero-order chi connectivity index (χ0) is 14.8. The van der Waals surface area contributed by atoms with Crippen LogP contribution in [0.25, 0.3) is 0 Å². The molecule has 0 aliphatic carbocycles. The number of hydrogen-bond acceptors (Lipinski definition) is 4. The van der Waals surface area contributed by atoms with Gasteiger partial charge in [0, 0.05) is 0 Å². The number of para-hydroxylation sites is 1. The lowest BCUT2D eigenvalue weighted by atomic mass is 10.2. The number of ether oxygens (including phenoxy) is 2. The van der Waals surface area contributed by atoms with Crippen molar-refractivity contribution in [2.45, 2.75) is 26.7 Å². The maximum absolute atomic E-state index is 11.0. The second kappa shape index (κ2) is 9.37. The van der Waals surface area contributed by atoms with Gasteiger partial charge in [0.25, 0.3) is 0 Å². The number of aldehydes is 1. The van der Waals surface area contributed by atoms with E-state index in [9.17, 15) is 4.79 Å². The number of rotatable bonds is 10. The van der Waals surface area contributed by atoms with Crippen molar-refractivity contribution < 1.29 is 14.3 Å². The maximum atomic E-state index is 11.0. The van der Waals surface area contributed by atoms with E-state index in [-0.39, 0.29) is 0 Å². The first-order chi connectivity index (χ1) is 9.76. The Morgan fingerprint density at radius 1 is 1.20 bits per heavy atom. The summed E-state index contributed by atoms with van der Waals surface area (Å²) in [5.74, 6) is 1.16. The molecule has 0 saturated heterocycles. The highest BCUT2D eigenvalue weighted by atomic mass is 16.5. The first-order valence-corrected chi connectivity index (χ1v) is 7.24. The highest BCUT2D eigenvalue weighted by Crippen LogP contribution is 2.30. The van der Waals surface area contributed by atoms with Crippen LogP contribution >= 0.6 is 0 Å². The van der Waals surface area contributed by atoms with Gasteiger partial charge in [0.2, 0.25) is 0 Å². The van der Waals surface area contributed by atoms with E-state index in [1.807, 2.05) is 0 Å². The molecule has 1 aromatic carbocycles. The van der Waals surface area contributed by atoms with Crippen LogP contribution in [0.4, 0.5) is 0 Å². The van der Waals surface area contributed by atoms with Crippen molar-refractivity contribution in [2.75, 3.05) is 33.4 Å². The van der Waals surface area contributed by atoms with Gasteiger partial charge >= 0.3 is 0 Å². The second-order valence-electron chi connectivity index (χ2n) is 4.58. The van der Waals surface area contributed by atoms with Gasteiger partial charge in [-0.15, -0.1) is 0 Å². The molecule has 0 spiro atoms. The molecule has 0 fully saturated rings. The molecule has 4 heteroatoms. The number of benzene rings is 1. The summed E-state index contributed by atoms with van der Waals surface area (Å²) in [7, 11) is 1.58. The average Bonchev–Trinajstić information content (AvgIpc) is 2.50. The third-order valence-electron chi connectivity index (χ3n) is 3.37. The summed E-state index contributed by atoms with van der Waals surface area (Å²) in [6.07, 6.45) is 2.86. The van der Waals surface area contributed by atoms with Gasteiger partial charge in [0.15, 0.2) is 17.8 Å². The SMILES string of the molecule is CCN(CC)CCCCOc1c(C=O)cccc1OC. The third-order valence-corrected chi connectivity index (χ3v) is 3.37. The zero-order valence-corrected chi connectivity index (χ0v) is 12.7. The molecule has 0 amide bonds. The number of nitrogens with zero attached hydrogens (tertiary/aromatic N) is 1. The fourth-order valence-corrected chi connectivity index (χ4v) is 2.09. The molecule has 20 heavy (non-hydrogen) atoms. The normalized spacial score (nSPS) is 10.6. The molecule has 112 valence electrons. The van der Waals surface area contributed by atoms with E-state index in [1.54, 1.807) is 25.3 Å². The minimum absolute atomic E-state index is 0.535. The van der Waals surface area contributed by atoms with Gasteiger partial charge in [-0.3, -0.25) is 4.79 Å².